The Balaban J connectivity index is 2.05. The normalized spacial score (nSPS) is 11.3. The number of halogens is 1. The van der Waals surface area contributed by atoms with Gasteiger partial charge in [-0.3, -0.25) is 9.78 Å². The Morgan fingerprint density at radius 3 is 2.52 bits per heavy atom. The number of benzene rings is 1. The van der Waals surface area contributed by atoms with E-state index < -0.39 is 28.5 Å². The van der Waals surface area contributed by atoms with Crippen LogP contribution in [0.2, 0.25) is 5.02 Å². The monoisotopic (exact) mass is 412 g/mol. The topological polar surface area (TPSA) is 119 Å². The Morgan fingerprint density at radius 1 is 1.22 bits per heavy atom. The molecule has 0 unspecified atom stereocenters. The predicted molar refractivity (Wildman–Crippen MR) is 98.0 cm³/mol. The van der Waals surface area contributed by atoms with E-state index in [-0.39, 0.29) is 21.3 Å². The minimum Gasteiger partial charge on any atom is -0.451 e. The number of sulfonamides is 1. The van der Waals surface area contributed by atoms with Crippen LogP contribution in [0.3, 0.4) is 0 Å². The summed E-state index contributed by atoms with van der Waals surface area (Å²) < 4.78 is 30.2. The van der Waals surface area contributed by atoms with Crippen LogP contribution in [0.1, 0.15) is 16.2 Å². The Morgan fingerprint density at radius 2 is 1.93 bits per heavy atom. The molecule has 0 atom stereocenters. The SMILES string of the molecule is Cc1cnc(C(=O)OCC(=O)Nc2cc(S(=O)(=O)N(C)C)ccc2Cl)cn1. The first kappa shape index (κ1) is 20.7. The maximum Gasteiger partial charge on any atom is 0.359 e. The third-order valence-corrected chi connectivity index (χ3v) is 5.46. The highest BCUT2D eigenvalue weighted by molar-refractivity contribution is 7.89. The van der Waals surface area contributed by atoms with Crippen molar-refractivity contribution in [3.63, 3.8) is 0 Å². The first-order valence-corrected chi connectivity index (χ1v) is 9.41. The zero-order chi connectivity index (χ0) is 20.2. The van der Waals surface area contributed by atoms with Crippen molar-refractivity contribution in [1.29, 1.82) is 0 Å². The molecule has 1 aromatic carbocycles. The van der Waals surface area contributed by atoms with Crippen molar-refractivity contribution >= 4 is 39.2 Å². The Hall–Kier alpha value is -2.56. The number of anilines is 1. The third-order valence-electron chi connectivity index (χ3n) is 3.31. The summed E-state index contributed by atoms with van der Waals surface area (Å²) in [6, 6.07) is 3.90. The van der Waals surface area contributed by atoms with Gasteiger partial charge in [0.15, 0.2) is 12.3 Å². The van der Waals surface area contributed by atoms with Crippen molar-refractivity contribution < 1.29 is 22.7 Å². The average Bonchev–Trinajstić information content (AvgIpc) is 2.61. The number of rotatable bonds is 6. The molecular formula is C16H17ClN4O5S. The summed E-state index contributed by atoms with van der Waals surface area (Å²) in [5.74, 6) is -1.50. The maximum absolute atomic E-state index is 12.2. The zero-order valence-electron chi connectivity index (χ0n) is 14.8. The van der Waals surface area contributed by atoms with Crippen LogP contribution in [0.15, 0.2) is 35.5 Å². The minimum absolute atomic E-state index is 0.0366. The van der Waals surface area contributed by atoms with Gasteiger partial charge in [0.05, 0.1) is 27.5 Å². The van der Waals surface area contributed by atoms with E-state index in [1.165, 1.54) is 44.7 Å². The number of carbonyl (C=O) groups is 2. The van der Waals surface area contributed by atoms with E-state index >= 15 is 0 Å². The number of nitrogens with one attached hydrogen (secondary N) is 1. The van der Waals surface area contributed by atoms with Crippen LogP contribution in [0.4, 0.5) is 5.69 Å². The number of carbonyl (C=O) groups excluding carboxylic acids is 2. The molecule has 0 saturated heterocycles. The number of ether oxygens (including phenoxy) is 1. The summed E-state index contributed by atoms with van der Waals surface area (Å²) in [4.78, 5) is 31.5. The molecule has 27 heavy (non-hydrogen) atoms. The third kappa shape index (κ3) is 5.22. The van der Waals surface area contributed by atoms with Gasteiger partial charge in [0, 0.05) is 20.3 Å². The van der Waals surface area contributed by atoms with E-state index in [9.17, 15) is 18.0 Å². The number of aromatic nitrogens is 2. The molecule has 0 saturated carbocycles. The number of esters is 1. The van der Waals surface area contributed by atoms with E-state index in [2.05, 4.69) is 15.3 Å². The lowest BCUT2D eigenvalue weighted by Gasteiger charge is -2.13. The lowest BCUT2D eigenvalue weighted by molar-refractivity contribution is -0.119. The molecule has 0 aliphatic carbocycles. The Labute approximate surface area is 161 Å². The Bertz CT molecular complexity index is 961. The standard InChI is InChI=1S/C16H17ClN4O5S/c1-10-7-19-14(8-18-10)16(23)26-9-15(22)20-13-6-11(4-5-12(13)17)27(24,25)21(2)3/h4-8H,9H2,1-3H3,(H,20,22). The van der Waals surface area contributed by atoms with Gasteiger partial charge >= 0.3 is 5.97 Å². The summed E-state index contributed by atoms with van der Waals surface area (Å²) >= 11 is 5.99. The zero-order valence-corrected chi connectivity index (χ0v) is 16.3. The molecule has 0 aliphatic heterocycles. The van der Waals surface area contributed by atoms with Crippen LogP contribution < -0.4 is 5.32 Å². The van der Waals surface area contributed by atoms with Crippen molar-refractivity contribution in [3.05, 3.63) is 47.0 Å². The number of aryl methyl sites for hydroxylation is 1. The van der Waals surface area contributed by atoms with E-state index in [0.29, 0.717) is 5.69 Å². The second-order valence-corrected chi connectivity index (χ2v) is 8.16. The maximum atomic E-state index is 12.2. The molecule has 0 radical (unpaired) electrons. The number of hydrogen-bond donors (Lipinski definition) is 1. The fourth-order valence-corrected chi connectivity index (χ4v) is 2.95. The molecule has 1 N–H and O–H groups in total. The van der Waals surface area contributed by atoms with E-state index in [1.807, 2.05) is 0 Å². The first-order valence-electron chi connectivity index (χ1n) is 7.59. The van der Waals surface area contributed by atoms with Gasteiger partial charge in [-0.2, -0.15) is 0 Å². The molecule has 2 aromatic rings. The number of nitrogens with zero attached hydrogens (tertiary/aromatic N) is 3. The molecular weight excluding hydrogens is 396 g/mol. The van der Waals surface area contributed by atoms with Crippen molar-refractivity contribution in [3.8, 4) is 0 Å². The van der Waals surface area contributed by atoms with Crippen molar-refractivity contribution in [2.24, 2.45) is 0 Å². The minimum atomic E-state index is -3.69. The fourth-order valence-electron chi connectivity index (χ4n) is 1.86. The summed E-state index contributed by atoms with van der Waals surface area (Å²) in [5.41, 5.74) is 0.674. The molecule has 144 valence electrons. The van der Waals surface area contributed by atoms with Crippen LogP contribution in [0.5, 0.6) is 0 Å². The van der Waals surface area contributed by atoms with Crippen LogP contribution in [0, 0.1) is 6.92 Å². The fraction of sp³-hybridized carbons (Fsp3) is 0.250. The van der Waals surface area contributed by atoms with Crippen molar-refractivity contribution in [1.82, 2.24) is 14.3 Å². The second-order valence-electron chi connectivity index (χ2n) is 5.60. The summed E-state index contributed by atoms with van der Waals surface area (Å²) in [6.07, 6.45) is 2.63. The van der Waals surface area contributed by atoms with E-state index in [0.717, 1.165) is 4.31 Å². The largest absolute Gasteiger partial charge is 0.451 e. The van der Waals surface area contributed by atoms with E-state index in [4.69, 9.17) is 16.3 Å². The highest BCUT2D eigenvalue weighted by Crippen LogP contribution is 2.26. The summed E-state index contributed by atoms with van der Waals surface area (Å²) in [7, 11) is -0.925. The lowest BCUT2D eigenvalue weighted by atomic mass is 10.3. The highest BCUT2D eigenvalue weighted by atomic mass is 35.5. The van der Waals surface area contributed by atoms with Gasteiger partial charge in [0.2, 0.25) is 10.0 Å². The van der Waals surface area contributed by atoms with Crippen molar-refractivity contribution in [2.75, 3.05) is 26.0 Å². The lowest BCUT2D eigenvalue weighted by Crippen LogP contribution is -2.23. The molecule has 0 spiro atoms. The van der Waals surface area contributed by atoms with Crippen LogP contribution in [-0.4, -0.2) is 55.3 Å². The van der Waals surface area contributed by atoms with Gasteiger partial charge in [0.25, 0.3) is 5.91 Å². The highest BCUT2D eigenvalue weighted by Gasteiger charge is 2.19. The van der Waals surface area contributed by atoms with E-state index in [1.54, 1.807) is 6.92 Å². The molecule has 0 fully saturated rings. The van der Waals surface area contributed by atoms with Crippen LogP contribution >= 0.6 is 11.6 Å². The van der Waals surface area contributed by atoms with Crippen molar-refractivity contribution in [2.45, 2.75) is 11.8 Å². The van der Waals surface area contributed by atoms with Gasteiger partial charge in [-0.1, -0.05) is 11.6 Å². The Kier molecular flexibility index (Phi) is 6.47. The second kappa shape index (κ2) is 8.42. The molecule has 0 bridgehead atoms. The molecule has 1 amide bonds. The molecule has 1 aromatic heterocycles. The quantitative estimate of drug-likeness (QED) is 0.713. The first-order chi connectivity index (χ1) is 12.6. The number of hydrogen-bond acceptors (Lipinski definition) is 7. The average molecular weight is 413 g/mol. The van der Waals surface area contributed by atoms with Gasteiger partial charge in [-0.25, -0.2) is 22.5 Å². The molecule has 9 nitrogen and oxygen atoms in total. The van der Waals surface area contributed by atoms with Gasteiger partial charge < -0.3 is 10.1 Å². The van der Waals surface area contributed by atoms with Gasteiger partial charge in [0.1, 0.15) is 0 Å². The van der Waals surface area contributed by atoms with Crippen LogP contribution in [0.25, 0.3) is 0 Å². The predicted octanol–water partition coefficient (Wildman–Crippen LogP) is 1.48. The van der Waals surface area contributed by atoms with Crippen LogP contribution in [-0.2, 0) is 19.6 Å². The molecule has 2 rings (SSSR count). The van der Waals surface area contributed by atoms with Gasteiger partial charge in [-0.15, -0.1) is 0 Å². The summed E-state index contributed by atoms with van der Waals surface area (Å²) in [6.45, 7) is 1.11. The summed E-state index contributed by atoms with van der Waals surface area (Å²) in [5, 5.41) is 2.55. The smallest absolute Gasteiger partial charge is 0.359 e. The number of amides is 1. The molecule has 0 aliphatic rings. The molecule has 11 heteroatoms. The van der Waals surface area contributed by atoms with Gasteiger partial charge in [-0.05, 0) is 25.1 Å². The molecule has 1 heterocycles.